The molecule has 0 bridgehead atoms. The van der Waals surface area contributed by atoms with Crippen LogP contribution in [0.4, 0.5) is 0 Å². The first-order chi connectivity index (χ1) is 6.36. The van der Waals surface area contributed by atoms with E-state index in [1.807, 2.05) is 6.92 Å². The van der Waals surface area contributed by atoms with Crippen molar-refractivity contribution in [3.05, 3.63) is 0 Å². The lowest BCUT2D eigenvalue weighted by Crippen LogP contribution is -2.47. The summed E-state index contributed by atoms with van der Waals surface area (Å²) in [4.78, 5) is 11.5. The van der Waals surface area contributed by atoms with Crippen molar-refractivity contribution < 1.29 is 13.2 Å². The molecule has 1 amide bonds. The molecule has 3 N–H and O–H groups in total. The number of hydrogen-bond donors (Lipinski definition) is 2. The molecule has 14 heavy (non-hydrogen) atoms. The second kappa shape index (κ2) is 2.70. The van der Waals surface area contributed by atoms with E-state index in [1.54, 1.807) is 0 Å². The molecule has 2 aliphatic rings. The maximum atomic E-state index is 11.5. The summed E-state index contributed by atoms with van der Waals surface area (Å²) in [6.45, 7) is 1.84. The van der Waals surface area contributed by atoms with Crippen LogP contribution in [0.5, 0.6) is 0 Å². The molecule has 0 aromatic rings. The zero-order chi connectivity index (χ0) is 10.6. The molecule has 0 radical (unpaired) electrons. The van der Waals surface area contributed by atoms with Gasteiger partial charge >= 0.3 is 0 Å². The van der Waals surface area contributed by atoms with E-state index in [4.69, 9.17) is 5.73 Å². The summed E-state index contributed by atoms with van der Waals surface area (Å²) in [5, 5.41) is -0.371. The van der Waals surface area contributed by atoms with Crippen LogP contribution in [0.1, 0.15) is 26.2 Å². The van der Waals surface area contributed by atoms with Gasteiger partial charge in [-0.3, -0.25) is 9.52 Å². The van der Waals surface area contributed by atoms with Crippen LogP contribution in [-0.2, 0) is 14.8 Å². The lowest BCUT2D eigenvalue weighted by atomic mass is 10.2. The second-order valence-electron chi connectivity index (χ2n) is 4.32. The molecule has 5 nitrogen and oxygen atoms in total. The van der Waals surface area contributed by atoms with Gasteiger partial charge in [0.05, 0.1) is 10.8 Å². The van der Waals surface area contributed by atoms with Crippen molar-refractivity contribution in [3.8, 4) is 0 Å². The van der Waals surface area contributed by atoms with Gasteiger partial charge in [0.25, 0.3) is 5.91 Å². The smallest absolute Gasteiger partial charge is 0.253 e. The van der Waals surface area contributed by atoms with E-state index in [2.05, 4.69) is 4.72 Å². The van der Waals surface area contributed by atoms with Crippen LogP contribution in [0, 0.1) is 5.92 Å². The minimum absolute atomic E-state index is 0.0805. The highest BCUT2D eigenvalue weighted by molar-refractivity contribution is 7.90. The fraction of sp³-hybridized carbons (Fsp3) is 0.875. The molecule has 0 aromatic heterocycles. The molecule has 0 spiro atoms. The van der Waals surface area contributed by atoms with E-state index in [1.165, 1.54) is 0 Å². The molecule has 2 aliphatic carbocycles. The van der Waals surface area contributed by atoms with Crippen molar-refractivity contribution in [1.29, 1.82) is 0 Å². The lowest BCUT2D eigenvalue weighted by molar-refractivity contribution is -0.121. The van der Waals surface area contributed by atoms with E-state index in [0.29, 0.717) is 19.3 Å². The Labute approximate surface area is 83.1 Å². The Hall–Kier alpha value is -0.620. The number of sulfonamides is 1. The van der Waals surface area contributed by atoms with Gasteiger partial charge in [0.2, 0.25) is 10.0 Å². The van der Waals surface area contributed by atoms with Gasteiger partial charge in [-0.25, -0.2) is 8.42 Å². The molecule has 0 aliphatic heterocycles. The van der Waals surface area contributed by atoms with Crippen LogP contribution in [0.25, 0.3) is 0 Å². The molecule has 2 saturated carbocycles. The Morgan fingerprint density at radius 3 is 2.36 bits per heavy atom. The zero-order valence-electron chi connectivity index (χ0n) is 7.99. The van der Waals surface area contributed by atoms with Gasteiger partial charge in [-0.15, -0.1) is 0 Å². The van der Waals surface area contributed by atoms with Gasteiger partial charge in [-0.1, -0.05) is 6.92 Å². The molecule has 0 saturated heterocycles. The van der Waals surface area contributed by atoms with Gasteiger partial charge in [0, 0.05) is 0 Å². The molecule has 2 fully saturated rings. The third kappa shape index (κ3) is 1.52. The number of rotatable bonds is 3. The van der Waals surface area contributed by atoms with E-state index < -0.39 is 21.5 Å². The highest BCUT2D eigenvalue weighted by Gasteiger charge is 2.55. The minimum atomic E-state index is -3.43. The molecular formula is C8H14N2O3S. The average molecular weight is 218 g/mol. The molecule has 2 rings (SSSR count). The van der Waals surface area contributed by atoms with Gasteiger partial charge in [0.15, 0.2) is 0 Å². The topological polar surface area (TPSA) is 89.3 Å². The summed E-state index contributed by atoms with van der Waals surface area (Å²) < 4.78 is 24.9. The standard InChI is InChI=1S/C8H14N2O3S/c1-5-4-8(5,9)7(11)10-14(12,13)6-2-3-6/h5-6H,2-4,9H2,1H3,(H,10,11)/t5?,8-/m1/s1. The third-order valence-electron chi connectivity index (χ3n) is 2.98. The van der Waals surface area contributed by atoms with E-state index in [0.717, 1.165) is 0 Å². The first-order valence-corrected chi connectivity index (χ1v) is 6.26. The normalized spacial score (nSPS) is 36.6. The summed E-state index contributed by atoms with van der Waals surface area (Å²) in [5.74, 6) is -0.464. The molecule has 1 unspecified atom stereocenters. The van der Waals surface area contributed by atoms with Crippen molar-refractivity contribution in [2.24, 2.45) is 11.7 Å². The van der Waals surface area contributed by atoms with Crippen molar-refractivity contribution in [2.75, 3.05) is 0 Å². The Morgan fingerprint density at radius 2 is 2.00 bits per heavy atom. The van der Waals surface area contributed by atoms with Crippen LogP contribution >= 0.6 is 0 Å². The Kier molecular flexibility index (Phi) is 1.91. The number of carbonyl (C=O) groups excluding carboxylic acids is 1. The zero-order valence-corrected chi connectivity index (χ0v) is 8.80. The fourth-order valence-electron chi connectivity index (χ4n) is 1.45. The largest absolute Gasteiger partial charge is 0.317 e. The van der Waals surface area contributed by atoms with Crippen LogP contribution in [-0.4, -0.2) is 25.1 Å². The van der Waals surface area contributed by atoms with E-state index in [9.17, 15) is 13.2 Å². The first kappa shape index (κ1) is 9.92. The van der Waals surface area contributed by atoms with Gasteiger partial charge in [-0.2, -0.15) is 0 Å². The molecule has 0 heterocycles. The van der Waals surface area contributed by atoms with Crippen molar-refractivity contribution >= 4 is 15.9 Å². The van der Waals surface area contributed by atoms with Gasteiger partial charge in [0.1, 0.15) is 0 Å². The summed E-state index contributed by atoms with van der Waals surface area (Å²) in [6, 6.07) is 0. The van der Waals surface area contributed by atoms with E-state index >= 15 is 0 Å². The SMILES string of the molecule is CC1C[C@]1(N)C(=O)NS(=O)(=O)C1CC1. The summed E-state index contributed by atoms with van der Waals surface area (Å²) in [7, 11) is -3.43. The van der Waals surface area contributed by atoms with Gasteiger partial charge in [-0.05, 0) is 25.2 Å². The maximum Gasteiger partial charge on any atom is 0.253 e. The van der Waals surface area contributed by atoms with Crippen molar-refractivity contribution in [2.45, 2.75) is 37.0 Å². The first-order valence-electron chi connectivity index (χ1n) is 4.71. The highest BCUT2D eigenvalue weighted by atomic mass is 32.2. The maximum absolute atomic E-state index is 11.5. The monoisotopic (exact) mass is 218 g/mol. The Morgan fingerprint density at radius 1 is 1.50 bits per heavy atom. The summed E-state index contributed by atoms with van der Waals surface area (Å²) in [5.41, 5.74) is 4.74. The number of nitrogens with one attached hydrogen (secondary N) is 1. The molecule has 0 aromatic carbocycles. The lowest BCUT2D eigenvalue weighted by Gasteiger charge is -2.10. The number of hydrogen-bond acceptors (Lipinski definition) is 4. The Bertz CT molecular complexity index is 374. The second-order valence-corrected chi connectivity index (χ2v) is 6.28. The predicted octanol–water partition coefficient (Wildman–Crippen LogP) is -0.668. The highest BCUT2D eigenvalue weighted by Crippen LogP contribution is 2.41. The number of carbonyl (C=O) groups is 1. The molecule has 2 atom stereocenters. The molecule has 6 heteroatoms. The van der Waals surface area contributed by atoms with Crippen LogP contribution in [0.15, 0.2) is 0 Å². The average Bonchev–Trinajstić information content (AvgIpc) is 2.87. The van der Waals surface area contributed by atoms with Crippen LogP contribution in [0.3, 0.4) is 0 Å². The molecule has 80 valence electrons. The summed E-state index contributed by atoms with van der Waals surface area (Å²) >= 11 is 0. The van der Waals surface area contributed by atoms with Crippen LogP contribution < -0.4 is 10.5 Å². The number of amides is 1. The fourth-order valence-corrected chi connectivity index (χ4v) is 2.82. The van der Waals surface area contributed by atoms with E-state index in [-0.39, 0.29) is 11.2 Å². The third-order valence-corrected chi connectivity index (χ3v) is 4.80. The van der Waals surface area contributed by atoms with Gasteiger partial charge < -0.3 is 5.73 Å². The Balaban J connectivity index is 2.01. The quantitative estimate of drug-likeness (QED) is 0.657. The minimum Gasteiger partial charge on any atom is -0.317 e. The van der Waals surface area contributed by atoms with Crippen LogP contribution in [0.2, 0.25) is 0 Å². The predicted molar refractivity (Wildman–Crippen MR) is 50.8 cm³/mol. The van der Waals surface area contributed by atoms with Crippen molar-refractivity contribution in [3.63, 3.8) is 0 Å². The summed E-state index contributed by atoms with van der Waals surface area (Å²) in [6.07, 6.45) is 1.87. The number of nitrogens with two attached hydrogens (primary N) is 1. The molecular weight excluding hydrogens is 204 g/mol. The van der Waals surface area contributed by atoms with Crippen molar-refractivity contribution in [1.82, 2.24) is 4.72 Å².